The molecule has 0 N–H and O–H groups in total. The number of piperazine rings is 1. The van der Waals surface area contributed by atoms with Gasteiger partial charge in [0.2, 0.25) is 0 Å². The Morgan fingerprint density at radius 2 is 1.95 bits per heavy atom. The van der Waals surface area contributed by atoms with E-state index in [1.807, 2.05) is 6.92 Å². The van der Waals surface area contributed by atoms with Crippen LogP contribution in [0.1, 0.15) is 36.2 Å². The molecule has 0 saturated carbocycles. The Kier molecular flexibility index (Phi) is 4.76. The van der Waals surface area contributed by atoms with Crippen LogP contribution in [0.25, 0.3) is 0 Å². The van der Waals surface area contributed by atoms with Gasteiger partial charge in [0.1, 0.15) is 5.82 Å². The van der Waals surface area contributed by atoms with Crippen molar-refractivity contribution in [1.29, 1.82) is 0 Å². The first-order valence-corrected chi connectivity index (χ1v) is 7.32. The van der Waals surface area contributed by atoms with Crippen molar-refractivity contribution in [3.8, 4) is 0 Å². The molecule has 1 fully saturated rings. The molecule has 1 aromatic rings. The molecule has 0 aromatic heterocycles. The monoisotopic (exact) mass is 278 g/mol. The van der Waals surface area contributed by atoms with Gasteiger partial charge in [-0.3, -0.25) is 9.69 Å². The first-order valence-electron chi connectivity index (χ1n) is 7.32. The largest absolute Gasteiger partial charge is 0.336 e. The molecule has 1 aliphatic rings. The molecule has 0 bridgehead atoms. The molecule has 1 atom stereocenters. The molecule has 0 aliphatic carbocycles. The smallest absolute Gasteiger partial charge is 0.256 e. The maximum atomic E-state index is 13.8. The third-order valence-corrected chi connectivity index (χ3v) is 4.17. The van der Waals surface area contributed by atoms with Crippen LogP contribution in [0.2, 0.25) is 0 Å². The molecule has 1 heterocycles. The summed E-state index contributed by atoms with van der Waals surface area (Å²) in [7, 11) is 0. The minimum atomic E-state index is -0.426. The Bertz CT molecular complexity index is 481. The Hall–Kier alpha value is -1.42. The molecule has 1 aromatic carbocycles. The number of carbonyl (C=O) groups is 1. The minimum Gasteiger partial charge on any atom is -0.336 e. The molecule has 2 rings (SSSR count). The van der Waals surface area contributed by atoms with Crippen molar-refractivity contribution in [3.05, 3.63) is 35.1 Å². The van der Waals surface area contributed by atoms with Crippen LogP contribution in [0.5, 0.6) is 0 Å². The molecule has 1 unspecified atom stereocenters. The maximum Gasteiger partial charge on any atom is 0.256 e. The number of aryl methyl sites for hydroxylation is 1. The number of hydrogen-bond donors (Lipinski definition) is 0. The summed E-state index contributed by atoms with van der Waals surface area (Å²) in [5.41, 5.74) is 1.11. The molecule has 0 radical (unpaired) electrons. The highest BCUT2D eigenvalue weighted by Gasteiger charge is 2.25. The van der Waals surface area contributed by atoms with E-state index in [-0.39, 0.29) is 11.5 Å². The van der Waals surface area contributed by atoms with Crippen molar-refractivity contribution >= 4 is 5.91 Å². The zero-order valence-electron chi connectivity index (χ0n) is 12.5. The molecular weight excluding hydrogens is 255 g/mol. The highest BCUT2D eigenvalue weighted by atomic mass is 19.1. The van der Waals surface area contributed by atoms with Gasteiger partial charge in [0.25, 0.3) is 5.91 Å². The van der Waals surface area contributed by atoms with E-state index < -0.39 is 5.82 Å². The number of benzene rings is 1. The zero-order valence-corrected chi connectivity index (χ0v) is 12.5. The maximum absolute atomic E-state index is 13.8. The number of carbonyl (C=O) groups excluding carboxylic acids is 1. The third-order valence-electron chi connectivity index (χ3n) is 4.17. The highest BCUT2D eigenvalue weighted by molar-refractivity contribution is 5.94. The summed E-state index contributed by atoms with van der Waals surface area (Å²) in [5.74, 6) is -0.611. The second kappa shape index (κ2) is 6.35. The lowest BCUT2D eigenvalue weighted by atomic mass is 10.1. The third kappa shape index (κ3) is 3.18. The fraction of sp³-hybridized carbons (Fsp3) is 0.562. The molecule has 20 heavy (non-hydrogen) atoms. The van der Waals surface area contributed by atoms with Crippen LogP contribution in [0.3, 0.4) is 0 Å². The molecule has 0 spiro atoms. The van der Waals surface area contributed by atoms with Crippen LogP contribution >= 0.6 is 0 Å². The van der Waals surface area contributed by atoms with E-state index in [4.69, 9.17) is 0 Å². The summed E-state index contributed by atoms with van der Waals surface area (Å²) in [5, 5.41) is 0. The Labute approximate surface area is 120 Å². The van der Waals surface area contributed by atoms with Gasteiger partial charge in [-0.05, 0) is 32.4 Å². The average molecular weight is 278 g/mol. The van der Waals surface area contributed by atoms with Gasteiger partial charge in [-0.1, -0.05) is 18.6 Å². The van der Waals surface area contributed by atoms with E-state index >= 15 is 0 Å². The Balaban J connectivity index is 2.03. The van der Waals surface area contributed by atoms with Crippen molar-refractivity contribution in [3.63, 3.8) is 0 Å². The number of halogens is 1. The standard InChI is InChI=1S/C16H23FN2O/c1-4-13(3)18-7-9-19(10-8-18)16(20)14-11-12(2)5-6-15(14)17/h5-6,11,13H,4,7-10H2,1-3H3. The SMILES string of the molecule is CCC(C)N1CCN(C(=O)c2cc(C)ccc2F)CC1. The lowest BCUT2D eigenvalue weighted by Gasteiger charge is -2.37. The predicted molar refractivity (Wildman–Crippen MR) is 78.4 cm³/mol. The first-order chi connectivity index (χ1) is 9.52. The van der Waals surface area contributed by atoms with Gasteiger partial charge in [0.05, 0.1) is 5.56 Å². The molecular formula is C16H23FN2O. The average Bonchev–Trinajstić information content (AvgIpc) is 2.48. The van der Waals surface area contributed by atoms with Crippen LogP contribution in [0.15, 0.2) is 18.2 Å². The van der Waals surface area contributed by atoms with E-state index in [2.05, 4.69) is 18.7 Å². The van der Waals surface area contributed by atoms with Gasteiger partial charge >= 0.3 is 0 Å². The number of nitrogens with zero attached hydrogens (tertiary/aromatic N) is 2. The summed E-state index contributed by atoms with van der Waals surface area (Å²) in [6.07, 6.45) is 1.11. The van der Waals surface area contributed by atoms with E-state index in [9.17, 15) is 9.18 Å². The lowest BCUT2D eigenvalue weighted by Crippen LogP contribution is -2.51. The predicted octanol–water partition coefficient (Wildman–Crippen LogP) is 2.69. The van der Waals surface area contributed by atoms with Crippen molar-refractivity contribution in [2.75, 3.05) is 26.2 Å². The van der Waals surface area contributed by atoms with Crippen LogP contribution in [-0.4, -0.2) is 47.9 Å². The fourth-order valence-corrected chi connectivity index (χ4v) is 2.60. The fourth-order valence-electron chi connectivity index (χ4n) is 2.60. The quantitative estimate of drug-likeness (QED) is 0.848. The molecule has 110 valence electrons. The Morgan fingerprint density at radius 1 is 1.30 bits per heavy atom. The van der Waals surface area contributed by atoms with Gasteiger partial charge in [0, 0.05) is 32.2 Å². The second-order valence-electron chi connectivity index (χ2n) is 5.57. The molecule has 1 amide bonds. The van der Waals surface area contributed by atoms with Gasteiger partial charge in [-0.2, -0.15) is 0 Å². The summed E-state index contributed by atoms with van der Waals surface area (Å²) >= 11 is 0. The second-order valence-corrected chi connectivity index (χ2v) is 5.57. The van der Waals surface area contributed by atoms with Crippen LogP contribution in [0.4, 0.5) is 4.39 Å². The summed E-state index contributed by atoms with van der Waals surface area (Å²) in [6.45, 7) is 9.34. The summed E-state index contributed by atoms with van der Waals surface area (Å²) in [4.78, 5) is 16.5. The topological polar surface area (TPSA) is 23.6 Å². The zero-order chi connectivity index (χ0) is 14.7. The molecule has 1 aliphatic heterocycles. The lowest BCUT2D eigenvalue weighted by molar-refractivity contribution is 0.0575. The molecule has 1 saturated heterocycles. The summed E-state index contributed by atoms with van der Waals surface area (Å²) < 4.78 is 13.8. The van der Waals surface area contributed by atoms with E-state index in [0.29, 0.717) is 19.1 Å². The number of amides is 1. The van der Waals surface area contributed by atoms with Crippen LogP contribution in [0, 0.1) is 12.7 Å². The van der Waals surface area contributed by atoms with Gasteiger partial charge in [-0.15, -0.1) is 0 Å². The minimum absolute atomic E-state index is 0.185. The van der Waals surface area contributed by atoms with Gasteiger partial charge in [0.15, 0.2) is 0 Å². The van der Waals surface area contributed by atoms with Gasteiger partial charge in [-0.25, -0.2) is 4.39 Å². The normalized spacial score (nSPS) is 18.1. The van der Waals surface area contributed by atoms with Crippen molar-refractivity contribution in [2.24, 2.45) is 0 Å². The van der Waals surface area contributed by atoms with Crippen molar-refractivity contribution < 1.29 is 9.18 Å². The highest BCUT2D eigenvalue weighted by Crippen LogP contribution is 2.15. The van der Waals surface area contributed by atoms with E-state index in [0.717, 1.165) is 25.1 Å². The van der Waals surface area contributed by atoms with Crippen molar-refractivity contribution in [2.45, 2.75) is 33.2 Å². The van der Waals surface area contributed by atoms with Crippen molar-refractivity contribution in [1.82, 2.24) is 9.80 Å². The number of rotatable bonds is 3. The molecule has 4 heteroatoms. The van der Waals surface area contributed by atoms with E-state index in [1.165, 1.54) is 6.07 Å². The van der Waals surface area contributed by atoms with Crippen LogP contribution < -0.4 is 0 Å². The van der Waals surface area contributed by atoms with E-state index in [1.54, 1.807) is 17.0 Å². The van der Waals surface area contributed by atoms with Crippen LogP contribution in [-0.2, 0) is 0 Å². The van der Waals surface area contributed by atoms with Gasteiger partial charge < -0.3 is 4.90 Å². The molecule has 3 nitrogen and oxygen atoms in total. The summed E-state index contributed by atoms with van der Waals surface area (Å²) in [6, 6.07) is 5.24. The first kappa shape index (κ1) is 15.0. The number of hydrogen-bond acceptors (Lipinski definition) is 2. The Morgan fingerprint density at radius 3 is 2.55 bits per heavy atom.